The Morgan fingerprint density at radius 1 is 0.640 bits per heavy atom. The van der Waals surface area contributed by atoms with Crippen molar-refractivity contribution in [2.45, 2.75) is 110 Å². The van der Waals surface area contributed by atoms with Gasteiger partial charge in [-0.2, -0.15) is 8.42 Å². The van der Waals surface area contributed by atoms with E-state index in [-0.39, 0.29) is 12.4 Å². The summed E-state index contributed by atoms with van der Waals surface area (Å²) in [4.78, 5) is 0. The Morgan fingerprint density at radius 3 is 1.60 bits per heavy atom. The molecule has 0 aliphatic carbocycles. The van der Waals surface area contributed by atoms with E-state index in [2.05, 4.69) is 6.92 Å². The molecule has 0 rings (SSSR count). The molecule has 0 aromatic rings. The van der Waals surface area contributed by atoms with Crippen LogP contribution in [0.1, 0.15) is 110 Å². The molecule has 0 spiro atoms. The summed E-state index contributed by atoms with van der Waals surface area (Å²) in [7, 11) is -3.34. The van der Waals surface area contributed by atoms with Gasteiger partial charge in [0.15, 0.2) is 0 Å². The van der Waals surface area contributed by atoms with Gasteiger partial charge in [-0.3, -0.25) is 8.57 Å². The van der Waals surface area contributed by atoms with E-state index in [9.17, 15) is 12.8 Å². The number of rotatable bonds is 20. The van der Waals surface area contributed by atoms with Gasteiger partial charge in [0.1, 0.15) is 0 Å². The van der Waals surface area contributed by atoms with Crippen molar-refractivity contribution in [1.82, 2.24) is 0 Å². The van der Waals surface area contributed by atoms with Crippen LogP contribution in [0.25, 0.3) is 0 Å². The van der Waals surface area contributed by atoms with E-state index >= 15 is 0 Å². The summed E-state index contributed by atoms with van der Waals surface area (Å²) in [5.41, 5.74) is 0. The van der Waals surface area contributed by atoms with Gasteiger partial charge in [0, 0.05) is 0 Å². The van der Waals surface area contributed by atoms with E-state index in [1.165, 1.54) is 44.9 Å². The predicted molar refractivity (Wildman–Crippen MR) is 105 cm³/mol. The SMILES string of the molecule is CCCCCCCCCCCOS(=O)(=O)CCCCCCCCCF. The molecule has 0 unspecified atom stereocenters. The summed E-state index contributed by atoms with van der Waals surface area (Å²) in [5.74, 6) is 0.134. The Labute approximate surface area is 156 Å². The van der Waals surface area contributed by atoms with Gasteiger partial charge in [0.25, 0.3) is 10.1 Å². The summed E-state index contributed by atoms with van der Waals surface area (Å²) in [6, 6.07) is 0. The Bertz CT molecular complexity index is 358. The zero-order valence-corrected chi connectivity index (χ0v) is 17.3. The lowest BCUT2D eigenvalue weighted by Crippen LogP contribution is -2.11. The number of hydrogen-bond donors (Lipinski definition) is 0. The monoisotopic (exact) mass is 380 g/mol. The van der Waals surface area contributed by atoms with Crippen LogP contribution in [0.15, 0.2) is 0 Å². The molecule has 0 saturated heterocycles. The van der Waals surface area contributed by atoms with Crippen molar-refractivity contribution in [3.8, 4) is 0 Å². The lowest BCUT2D eigenvalue weighted by molar-refractivity contribution is 0.305. The number of hydrogen-bond acceptors (Lipinski definition) is 3. The third-order valence-electron chi connectivity index (χ3n) is 4.54. The van der Waals surface area contributed by atoms with E-state index in [1.54, 1.807) is 0 Å². The summed E-state index contributed by atoms with van der Waals surface area (Å²) in [5, 5.41) is 0. The molecule has 0 radical (unpaired) electrons. The van der Waals surface area contributed by atoms with Crippen LogP contribution in [0.5, 0.6) is 0 Å². The molecule has 0 aromatic heterocycles. The molecule has 0 N–H and O–H groups in total. The molecule has 0 aliphatic heterocycles. The molecule has 0 saturated carbocycles. The van der Waals surface area contributed by atoms with Gasteiger partial charge in [0.05, 0.1) is 19.0 Å². The van der Waals surface area contributed by atoms with Crippen molar-refractivity contribution in [2.24, 2.45) is 0 Å². The fourth-order valence-electron chi connectivity index (χ4n) is 2.91. The molecule has 0 aliphatic rings. The Morgan fingerprint density at radius 2 is 1.08 bits per heavy atom. The van der Waals surface area contributed by atoms with Gasteiger partial charge >= 0.3 is 0 Å². The average molecular weight is 381 g/mol. The van der Waals surface area contributed by atoms with Crippen LogP contribution < -0.4 is 0 Å². The highest BCUT2D eigenvalue weighted by Gasteiger charge is 2.10. The van der Waals surface area contributed by atoms with Crippen LogP contribution in [0.2, 0.25) is 0 Å². The standard InChI is InChI=1S/C20H41FO3S/c1-2-3-4-5-6-7-10-13-16-19-24-25(22,23)20-17-14-11-8-9-12-15-18-21/h2-20H2,1H3. The minimum absolute atomic E-state index is 0.134. The van der Waals surface area contributed by atoms with Gasteiger partial charge in [0.2, 0.25) is 0 Å². The molecular formula is C20H41FO3S. The lowest BCUT2D eigenvalue weighted by atomic mass is 10.1. The molecule has 152 valence electrons. The van der Waals surface area contributed by atoms with Crippen LogP contribution >= 0.6 is 0 Å². The van der Waals surface area contributed by atoms with Gasteiger partial charge < -0.3 is 0 Å². The maximum Gasteiger partial charge on any atom is 0.267 e. The summed E-state index contributed by atoms with van der Waals surface area (Å²) in [6.45, 7) is 2.33. The van der Waals surface area contributed by atoms with Crippen molar-refractivity contribution in [2.75, 3.05) is 19.0 Å². The second kappa shape index (κ2) is 18.6. The molecule has 0 bridgehead atoms. The van der Waals surface area contributed by atoms with Gasteiger partial charge in [-0.25, -0.2) is 0 Å². The Balaban J connectivity index is 3.35. The zero-order valence-electron chi connectivity index (χ0n) is 16.4. The van der Waals surface area contributed by atoms with Crippen LogP contribution in [0.3, 0.4) is 0 Å². The third kappa shape index (κ3) is 20.0. The van der Waals surface area contributed by atoms with Crippen molar-refractivity contribution in [1.29, 1.82) is 0 Å². The maximum atomic E-state index is 11.9. The first kappa shape index (κ1) is 24.8. The van der Waals surface area contributed by atoms with Crippen molar-refractivity contribution < 1.29 is 17.0 Å². The quantitative estimate of drug-likeness (QED) is 0.177. The first-order valence-corrected chi connectivity index (χ1v) is 12.1. The molecule has 0 aromatic carbocycles. The smallest absolute Gasteiger partial charge is 0.267 e. The van der Waals surface area contributed by atoms with E-state index in [4.69, 9.17) is 4.18 Å². The van der Waals surface area contributed by atoms with E-state index in [0.29, 0.717) is 19.4 Å². The largest absolute Gasteiger partial charge is 0.270 e. The molecule has 0 fully saturated rings. The van der Waals surface area contributed by atoms with E-state index in [0.717, 1.165) is 44.9 Å². The summed E-state index contributed by atoms with van der Waals surface area (Å²) < 4.78 is 40.6. The molecule has 0 atom stereocenters. The third-order valence-corrected chi connectivity index (χ3v) is 5.85. The highest BCUT2D eigenvalue weighted by Crippen LogP contribution is 2.11. The summed E-state index contributed by atoms with van der Waals surface area (Å²) in [6.07, 6.45) is 17.2. The first-order chi connectivity index (χ1) is 12.1. The lowest BCUT2D eigenvalue weighted by Gasteiger charge is -2.06. The van der Waals surface area contributed by atoms with E-state index in [1.807, 2.05) is 0 Å². The predicted octanol–water partition coefficient (Wildman–Crippen LogP) is 6.56. The molecule has 0 amide bonds. The fraction of sp³-hybridized carbons (Fsp3) is 1.00. The second-order valence-corrected chi connectivity index (χ2v) is 8.84. The minimum atomic E-state index is -3.34. The topological polar surface area (TPSA) is 43.4 Å². The maximum absolute atomic E-state index is 11.9. The molecule has 25 heavy (non-hydrogen) atoms. The van der Waals surface area contributed by atoms with Crippen LogP contribution in [0.4, 0.5) is 4.39 Å². The first-order valence-electron chi connectivity index (χ1n) is 10.6. The highest BCUT2D eigenvalue weighted by atomic mass is 32.2. The normalized spacial score (nSPS) is 11.9. The van der Waals surface area contributed by atoms with E-state index < -0.39 is 10.1 Å². The summed E-state index contributed by atoms with van der Waals surface area (Å²) >= 11 is 0. The molecule has 0 heterocycles. The molecular weight excluding hydrogens is 339 g/mol. The highest BCUT2D eigenvalue weighted by molar-refractivity contribution is 7.86. The van der Waals surface area contributed by atoms with Gasteiger partial charge in [-0.05, 0) is 19.3 Å². The van der Waals surface area contributed by atoms with Crippen molar-refractivity contribution in [3.63, 3.8) is 0 Å². The van der Waals surface area contributed by atoms with Crippen molar-refractivity contribution >= 4 is 10.1 Å². The minimum Gasteiger partial charge on any atom is -0.270 e. The Kier molecular flexibility index (Phi) is 18.5. The van der Waals surface area contributed by atoms with Gasteiger partial charge in [-0.1, -0.05) is 90.4 Å². The van der Waals surface area contributed by atoms with Crippen LogP contribution in [-0.4, -0.2) is 27.5 Å². The number of halogens is 1. The second-order valence-electron chi connectivity index (χ2n) is 7.08. The van der Waals surface area contributed by atoms with Crippen LogP contribution in [-0.2, 0) is 14.3 Å². The molecule has 3 nitrogen and oxygen atoms in total. The van der Waals surface area contributed by atoms with Gasteiger partial charge in [-0.15, -0.1) is 0 Å². The van der Waals surface area contributed by atoms with Crippen molar-refractivity contribution in [3.05, 3.63) is 0 Å². The molecule has 5 heteroatoms. The van der Waals surface area contributed by atoms with Crippen LogP contribution in [0, 0.1) is 0 Å². The number of alkyl halides is 1. The number of unbranched alkanes of at least 4 members (excludes halogenated alkanes) is 14. The Hall–Kier alpha value is -0.160. The average Bonchev–Trinajstić information content (AvgIpc) is 2.59. The fourth-order valence-corrected chi connectivity index (χ4v) is 3.96. The zero-order chi connectivity index (χ0) is 18.6.